The van der Waals surface area contributed by atoms with Crippen molar-refractivity contribution in [1.29, 1.82) is 0 Å². The van der Waals surface area contributed by atoms with E-state index < -0.39 is 48.8 Å². The number of hydrogen-bond donors (Lipinski definition) is 2. The van der Waals surface area contributed by atoms with Gasteiger partial charge in [0.2, 0.25) is 0 Å². The van der Waals surface area contributed by atoms with E-state index in [-0.39, 0.29) is 157 Å². The Labute approximate surface area is 527 Å². The molecular weight excluding hydrogens is 1140 g/mol. The normalized spacial score (nSPS) is 46.6. The summed E-state index contributed by atoms with van der Waals surface area (Å²) in [5, 5.41) is 22.0. The Morgan fingerprint density at radius 2 is 0.966 bits per heavy atom. The number of aliphatic hydroxyl groups excluding tert-OH is 2. The Kier molecular flexibility index (Phi) is 23.2. The molecule has 6 aliphatic carbocycles. The van der Waals surface area contributed by atoms with Crippen molar-refractivity contribution < 1.29 is 91.0 Å². The Morgan fingerprint density at radius 1 is 0.506 bits per heavy atom. The number of hydrogen-bond acceptors (Lipinski definition) is 19. The summed E-state index contributed by atoms with van der Waals surface area (Å²) in [6, 6.07) is 0. The minimum Gasteiger partial charge on any atom is -0.458 e. The molecule has 0 aromatic rings. The summed E-state index contributed by atoms with van der Waals surface area (Å²) in [5.41, 5.74) is 1.35. The summed E-state index contributed by atoms with van der Waals surface area (Å²) in [6.45, 7) is 11.7. The van der Waals surface area contributed by atoms with Crippen LogP contribution < -0.4 is 0 Å². The van der Waals surface area contributed by atoms with E-state index in [0.29, 0.717) is 61.5 Å². The van der Waals surface area contributed by atoms with E-state index in [1.54, 1.807) is 42.7 Å². The van der Waals surface area contributed by atoms with E-state index in [0.717, 1.165) is 38.5 Å². The number of aliphatic hydroxyl groups is 2. The molecule has 19 heteroatoms. The van der Waals surface area contributed by atoms with Crippen molar-refractivity contribution in [2.75, 3.05) is 42.7 Å². The summed E-state index contributed by atoms with van der Waals surface area (Å²) in [7, 11) is 9.86. The van der Waals surface area contributed by atoms with Gasteiger partial charge in [-0.15, -0.1) is 0 Å². The molecule has 2 N–H and O–H groups in total. The molecule has 498 valence electrons. The second-order valence-corrected chi connectivity index (χ2v) is 27.4. The van der Waals surface area contributed by atoms with Gasteiger partial charge in [0.05, 0.1) is 61.7 Å². The van der Waals surface area contributed by atoms with Crippen molar-refractivity contribution in [2.24, 2.45) is 71.0 Å². The monoisotopic (exact) mass is 1250 g/mol. The van der Waals surface area contributed by atoms with Crippen LogP contribution in [-0.2, 0) is 80.8 Å². The fourth-order valence-electron chi connectivity index (χ4n) is 17.7. The number of methoxy groups -OCH3 is 6. The third kappa shape index (κ3) is 14.4. The van der Waals surface area contributed by atoms with E-state index >= 15 is 0 Å². The first-order chi connectivity index (χ1) is 42.9. The lowest BCUT2D eigenvalue weighted by molar-refractivity contribution is -0.314. The molecule has 8 fully saturated rings. The smallest absolute Gasteiger partial charge is 0.307 e. The molecule has 5 aliphatic heterocycles. The average molecular weight is 1250 g/mol. The van der Waals surface area contributed by atoms with Crippen molar-refractivity contribution in [2.45, 2.75) is 242 Å². The number of ether oxygens (including phenoxy) is 13. The maximum atomic E-state index is 13.9. The Morgan fingerprint density at radius 3 is 1.47 bits per heavy atom. The van der Waals surface area contributed by atoms with Gasteiger partial charge in [0.1, 0.15) is 48.8 Å². The van der Waals surface area contributed by atoms with Gasteiger partial charge in [-0.3, -0.25) is 19.2 Å². The molecule has 5 heterocycles. The highest BCUT2D eigenvalue weighted by Gasteiger charge is 2.67. The highest BCUT2D eigenvalue weighted by molar-refractivity contribution is 5.99. The van der Waals surface area contributed by atoms with Crippen LogP contribution in [0.25, 0.3) is 0 Å². The Hall–Kier alpha value is -3.54. The van der Waals surface area contributed by atoms with E-state index in [4.69, 9.17) is 61.6 Å². The maximum absolute atomic E-state index is 13.9. The van der Waals surface area contributed by atoms with Gasteiger partial charge < -0.3 is 71.8 Å². The summed E-state index contributed by atoms with van der Waals surface area (Å²) >= 11 is 0. The third-order valence-electron chi connectivity index (χ3n) is 22.3. The second kappa shape index (κ2) is 30.2. The van der Waals surface area contributed by atoms with Crippen LogP contribution in [0.3, 0.4) is 0 Å². The van der Waals surface area contributed by atoms with Crippen LogP contribution in [0.2, 0.25) is 0 Å². The molecular formula is C70H104O19. The lowest BCUT2D eigenvalue weighted by Crippen LogP contribution is -2.59. The van der Waals surface area contributed by atoms with Gasteiger partial charge in [-0.1, -0.05) is 64.2 Å². The fourth-order valence-corrected chi connectivity index (χ4v) is 17.7. The Balaban J connectivity index is 0.000000196. The van der Waals surface area contributed by atoms with Gasteiger partial charge in [-0.2, -0.15) is 0 Å². The molecule has 0 aromatic heterocycles. The Bertz CT molecular complexity index is 2580. The van der Waals surface area contributed by atoms with Crippen molar-refractivity contribution in [3.05, 3.63) is 59.8 Å². The first-order valence-electron chi connectivity index (χ1n) is 33.6. The predicted molar refractivity (Wildman–Crippen MR) is 326 cm³/mol. The zero-order chi connectivity index (χ0) is 63.5. The lowest BCUT2D eigenvalue weighted by atomic mass is 9.66. The van der Waals surface area contributed by atoms with E-state index in [9.17, 15) is 29.4 Å². The number of esters is 2. The summed E-state index contributed by atoms with van der Waals surface area (Å²) in [4.78, 5) is 54.5. The number of rotatable bonds is 14. The summed E-state index contributed by atoms with van der Waals surface area (Å²) < 4.78 is 78.5. The van der Waals surface area contributed by atoms with E-state index in [2.05, 4.69) is 24.3 Å². The maximum Gasteiger partial charge on any atom is 0.307 e. The van der Waals surface area contributed by atoms with Crippen LogP contribution >= 0.6 is 0 Å². The molecule has 0 bridgehead atoms. The van der Waals surface area contributed by atoms with Crippen LogP contribution in [0.15, 0.2) is 59.8 Å². The number of allylic oxidation sites excluding steroid dienone is 8. The van der Waals surface area contributed by atoms with E-state index in [1.807, 2.05) is 65.8 Å². The van der Waals surface area contributed by atoms with Crippen molar-refractivity contribution in [1.82, 2.24) is 0 Å². The second-order valence-electron chi connectivity index (χ2n) is 27.4. The molecule has 0 spiro atoms. The molecule has 11 aliphatic rings. The largest absolute Gasteiger partial charge is 0.458 e. The van der Waals surface area contributed by atoms with Gasteiger partial charge in [0, 0.05) is 72.2 Å². The van der Waals surface area contributed by atoms with Gasteiger partial charge >= 0.3 is 11.9 Å². The lowest BCUT2D eigenvalue weighted by Gasteiger charge is -2.44. The van der Waals surface area contributed by atoms with E-state index in [1.165, 1.54) is 0 Å². The molecule has 0 amide bonds. The molecule has 3 saturated carbocycles. The minimum absolute atomic E-state index is 0.00345. The molecule has 0 aromatic carbocycles. The third-order valence-corrected chi connectivity index (χ3v) is 22.3. The molecule has 12 unspecified atom stereocenters. The zero-order valence-electron chi connectivity index (χ0n) is 54.7. The minimum atomic E-state index is -0.741. The van der Waals surface area contributed by atoms with Gasteiger partial charge in [0.15, 0.2) is 24.1 Å². The fraction of sp³-hybridized carbons (Fsp3) is 0.800. The number of carbonyl (C=O) groups excluding carboxylic acids is 4. The van der Waals surface area contributed by atoms with Crippen molar-refractivity contribution in [3.8, 4) is 0 Å². The highest BCUT2D eigenvalue weighted by atomic mass is 16.7. The number of epoxide rings is 1. The average Bonchev–Trinajstić information content (AvgIpc) is 1.55. The number of ketones is 2. The van der Waals surface area contributed by atoms with Crippen molar-refractivity contribution >= 4 is 23.5 Å². The predicted octanol–water partition coefficient (Wildman–Crippen LogP) is 8.34. The van der Waals surface area contributed by atoms with Crippen LogP contribution in [0.4, 0.5) is 0 Å². The molecule has 0 radical (unpaired) electrons. The topological polar surface area (TPSA) is 232 Å². The molecule has 5 saturated heterocycles. The van der Waals surface area contributed by atoms with Crippen LogP contribution in [0.1, 0.15) is 131 Å². The van der Waals surface area contributed by atoms with Crippen LogP contribution in [0, 0.1) is 71.0 Å². The number of carbonyl (C=O) groups is 4. The summed E-state index contributed by atoms with van der Waals surface area (Å²) in [5.74, 6) is -0.923. The SMILES string of the molecule is CC/C=C/[C@H]1CCC[C@H](O)[C@@H](C)C(=O)C2=CC3C(C=CC4C[C@@H](O[C@@H]5O[C@@H](C)[C@H](OC)[C@@H](OC)[C@H]5OC)CC43)C2CC(=O)O1.CC/C=C/[C@H]1CCC[C@H](O)[C@@H](C)C(=O)C2=CC3C4C[C@H](O[C@@H]5O[C@@H](C)[C@H](OC)[C@@H](OC)[C@H]5OC)CC4C4OC4C3C2CC(=O)O1. The first kappa shape index (κ1) is 68.3. The summed E-state index contributed by atoms with van der Waals surface area (Å²) in [6.07, 6.45) is 19.6. The number of fused-ring (bicyclic) bond motifs is 13. The molecule has 19 nitrogen and oxygen atoms in total. The number of cyclic esters (lactones) is 2. The molecule has 11 rings (SSSR count). The highest BCUT2D eigenvalue weighted by Crippen LogP contribution is 2.63. The van der Waals surface area contributed by atoms with Gasteiger partial charge in [-0.05, 0) is 156 Å². The van der Waals surface area contributed by atoms with Gasteiger partial charge in [-0.25, -0.2) is 0 Å². The standard InChI is InChI=1S/C35H52O10.C35H52O9/c1-7-8-10-19-11-9-12-26(36)17(2)29(38)24-15-22-21-13-20(44-35-34(41-6)33(40-5)30(39-4)18(3)42-35)14-25(21)31-32(45-31)28(22)23(24)16-27(37)43-19;1-7-8-10-22-11-9-12-29(36)19(2)31(38)28-17-26-24(27(28)18-30(37)43-22)14-13-21-15-23(16-25(21)26)44-35-34(41-6)33(40-5)32(39-4)20(3)42-35/h8,10,15,17-23,25-26,28,30-36H,7,9,11-14,16H2,1-6H3;8,10,13-14,17,19-27,29,32-36H,7,9,11-12,15-16,18H2,1-6H3/b2*10-8+/t17-,18+,19+,20+,21?,22?,23?,25?,26+,28?,30+,31?,32?,33-,34-,35+;19-,20+,21?,22+,23-,24?,25?,26?,27?,29+,32+,33-,34-,35+/m11/s1. The van der Waals surface area contributed by atoms with Crippen LogP contribution in [-0.4, -0.2) is 187 Å². The molecule has 30 atom stereocenters. The quantitative estimate of drug-likeness (QED) is 0.0945. The first-order valence-corrected chi connectivity index (χ1v) is 33.6. The van der Waals surface area contributed by atoms with Crippen LogP contribution in [0.5, 0.6) is 0 Å². The zero-order valence-corrected chi connectivity index (χ0v) is 54.7. The van der Waals surface area contributed by atoms with Crippen molar-refractivity contribution in [3.63, 3.8) is 0 Å². The van der Waals surface area contributed by atoms with Gasteiger partial charge in [0.25, 0.3) is 0 Å². The molecule has 89 heavy (non-hydrogen) atoms. The number of Topliss-reactive ketones (excluding diaryl/α,β-unsaturated/α-hetero) is 2.